The molecule has 18 nitrogen and oxygen atoms in total. The summed E-state index contributed by atoms with van der Waals surface area (Å²) in [5, 5.41) is 13.8. The fourth-order valence-corrected chi connectivity index (χ4v) is 12.5. The molecule has 71 heavy (non-hydrogen) atoms. The van der Waals surface area contributed by atoms with Crippen LogP contribution in [0.25, 0.3) is 4.85 Å². The van der Waals surface area contributed by atoms with Gasteiger partial charge in [-0.3, -0.25) is 28.8 Å². The van der Waals surface area contributed by atoms with Crippen LogP contribution in [0.5, 0.6) is 0 Å². The molecule has 1 saturated heterocycles. The van der Waals surface area contributed by atoms with Crippen molar-refractivity contribution in [1.82, 2.24) is 10.3 Å². The first-order valence-corrected chi connectivity index (χ1v) is 27.5. The molecular formula is C48H75N3O15S5. The van der Waals surface area contributed by atoms with Crippen molar-refractivity contribution >= 4 is 97.1 Å². The molecule has 1 aromatic rings. The predicted molar refractivity (Wildman–Crippen MR) is 280 cm³/mol. The zero-order valence-corrected chi connectivity index (χ0v) is 45.9. The van der Waals surface area contributed by atoms with Gasteiger partial charge in [-0.2, -0.15) is 0 Å². The van der Waals surface area contributed by atoms with E-state index in [-0.39, 0.29) is 98.1 Å². The first kappa shape index (κ1) is 65.8. The minimum absolute atomic E-state index is 0. The van der Waals surface area contributed by atoms with E-state index in [1.807, 2.05) is 32.0 Å². The number of amides is 1. The van der Waals surface area contributed by atoms with E-state index in [0.717, 1.165) is 16.8 Å². The van der Waals surface area contributed by atoms with Gasteiger partial charge in [-0.15, -0.1) is 11.8 Å². The normalized spacial score (nSPS) is 21.4. The van der Waals surface area contributed by atoms with Crippen molar-refractivity contribution in [3.8, 4) is 0 Å². The number of pyridine rings is 1. The SMILES string of the molecule is C.[C-]#[N+]C(C)(CCOC=O)CC(C)(CCC(C)(CC(C)(SC(=S)SCC)C(=O)OCCSSc1ccccn1)C(=O)NCC(C)O)C(=O)OCCOCCO[C@@H]1O[C@H](C)[C@H](C)[C@H](OC(C)=O)[C@H]1OC(C)=O. The van der Waals surface area contributed by atoms with E-state index in [1.165, 1.54) is 54.1 Å². The Morgan fingerprint density at radius 1 is 0.930 bits per heavy atom. The third-order valence-electron chi connectivity index (χ3n) is 11.4. The summed E-state index contributed by atoms with van der Waals surface area (Å²) in [6.07, 6.45) is -2.52. The standard InChI is InChI=1S/C47H71N3O15S5.CH4/c1-12-67-43(66)69-47(10,42(57)62-25-26-68-70-36-15-13-14-19-49-36)29-44(7,40(55)50-27-31(2)52)16-17-45(8,28-46(9,48-11)18-20-59-30-51)41(56)61-24-22-58-21-23-60-39-38(65-35(6)54)37(64-34(5)53)32(3)33(4)63-39;/h13-15,19,30-33,37-39,52H,12,16-18,20-29H2,1-10H3,(H,50,55);1H4/t31?,32-,33+,37-,38+,39+,44?,45?,46?,47?;/m0./s1. The number of hydrogen-bond acceptors (Lipinski definition) is 21. The van der Waals surface area contributed by atoms with Gasteiger partial charge < -0.3 is 53.2 Å². The smallest absolute Gasteiger partial charge is 0.322 e. The summed E-state index contributed by atoms with van der Waals surface area (Å²) < 4.78 is 44.2. The number of carbonyl (C=O) groups is 6. The van der Waals surface area contributed by atoms with Gasteiger partial charge in [0.05, 0.1) is 50.5 Å². The first-order chi connectivity index (χ1) is 33.0. The van der Waals surface area contributed by atoms with E-state index in [0.29, 0.717) is 15.0 Å². The molecule has 0 bridgehead atoms. The Labute approximate surface area is 441 Å². The van der Waals surface area contributed by atoms with Gasteiger partial charge >= 0.3 is 23.9 Å². The van der Waals surface area contributed by atoms with Crippen LogP contribution in [-0.2, 0) is 66.7 Å². The molecule has 0 saturated carbocycles. The van der Waals surface area contributed by atoms with Gasteiger partial charge in [0.2, 0.25) is 11.4 Å². The molecular weight excluding hydrogens is 1020 g/mol. The van der Waals surface area contributed by atoms with Gasteiger partial charge in [-0.1, -0.05) is 69.0 Å². The van der Waals surface area contributed by atoms with Crippen LogP contribution < -0.4 is 5.32 Å². The number of aliphatic hydroxyl groups excluding tert-OH is 1. The molecule has 1 fully saturated rings. The van der Waals surface area contributed by atoms with Gasteiger partial charge in [0.1, 0.15) is 32.6 Å². The largest absolute Gasteiger partial charge is 0.468 e. The molecule has 1 amide bonds. The zero-order valence-electron chi connectivity index (χ0n) is 41.8. The molecule has 2 heterocycles. The molecule has 0 radical (unpaired) electrons. The van der Waals surface area contributed by atoms with E-state index in [2.05, 4.69) is 15.1 Å². The van der Waals surface area contributed by atoms with Crippen LogP contribution in [0.1, 0.15) is 109 Å². The molecule has 0 aromatic carbocycles. The van der Waals surface area contributed by atoms with Gasteiger partial charge in [-0.05, 0) is 75.6 Å². The van der Waals surface area contributed by atoms with Gasteiger partial charge in [0.25, 0.3) is 6.47 Å². The summed E-state index contributed by atoms with van der Waals surface area (Å²) in [6.45, 7) is 24.2. The van der Waals surface area contributed by atoms with Crippen molar-refractivity contribution in [2.24, 2.45) is 16.7 Å². The van der Waals surface area contributed by atoms with Crippen LogP contribution in [0.2, 0.25) is 0 Å². The molecule has 402 valence electrons. The summed E-state index contributed by atoms with van der Waals surface area (Å²) in [4.78, 5) is 85.9. The first-order valence-electron chi connectivity index (χ1n) is 23.0. The average Bonchev–Trinajstić information content (AvgIpc) is 3.29. The molecule has 2 N–H and O–H groups in total. The Kier molecular flexibility index (Phi) is 30.5. The maximum absolute atomic E-state index is 14.3. The van der Waals surface area contributed by atoms with Crippen molar-refractivity contribution in [1.29, 1.82) is 0 Å². The van der Waals surface area contributed by atoms with Crippen LogP contribution in [0.3, 0.4) is 0 Å². The van der Waals surface area contributed by atoms with Crippen LogP contribution >= 0.6 is 57.3 Å². The number of nitrogens with one attached hydrogen (secondary N) is 1. The van der Waals surface area contributed by atoms with Crippen molar-refractivity contribution in [2.75, 3.05) is 57.7 Å². The van der Waals surface area contributed by atoms with E-state index in [4.69, 9.17) is 56.7 Å². The number of esters is 4. The van der Waals surface area contributed by atoms with Crippen molar-refractivity contribution in [2.45, 2.75) is 155 Å². The summed E-state index contributed by atoms with van der Waals surface area (Å²) in [5.41, 5.74) is -4.00. The summed E-state index contributed by atoms with van der Waals surface area (Å²) >= 11 is 8.20. The topological polar surface area (TPSA) is 226 Å². The summed E-state index contributed by atoms with van der Waals surface area (Å²) in [5.74, 6) is -2.10. The Morgan fingerprint density at radius 2 is 1.58 bits per heavy atom. The number of aromatic nitrogens is 1. The highest BCUT2D eigenvalue weighted by molar-refractivity contribution is 8.76. The second kappa shape index (κ2) is 32.9. The fourth-order valence-electron chi connectivity index (χ4n) is 7.59. The van der Waals surface area contributed by atoms with Gasteiger partial charge in [0.15, 0.2) is 12.4 Å². The Hall–Kier alpha value is -3.21. The van der Waals surface area contributed by atoms with Gasteiger partial charge in [0, 0.05) is 57.0 Å². The molecule has 1 aliphatic rings. The second-order valence-electron chi connectivity index (χ2n) is 17.9. The maximum Gasteiger partial charge on any atom is 0.322 e. The fraction of sp³-hybridized carbons (Fsp3) is 0.729. The molecule has 1 aromatic heterocycles. The minimum atomic E-state index is -1.41. The molecule has 0 spiro atoms. The number of rotatable bonds is 32. The Morgan fingerprint density at radius 3 is 2.18 bits per heavy atom. The van der Waals surface area contributed by atoms with Crippen LogP contribution in [0, 0.1) is 23.3 Å². The van der Waals surface area contributed by atoms with Crippen molar-refractivity contribution < 1.29 is 71.8 Å². The molecule has 23 heteroatoms. The monoisotopic (exact) mass is 1090 g/mol. The Balaban J connectivity index is 0.0000252. The molecule has 0 aliphatic carbocycles. The highest BCUT2D eigenvalue weighted by Crippen LogP contribution is 2.47. The summed E-state index contributed by atoms with van der Waals surface area (Å²) in [7, 11) is 2.92. The number of carbonyl (C=O) groups excluding carboxylic acids is 6. The number of thioether (sulfide) groups is 2. The van der Waals surface area contributed by atoms with E-state index in [1.54, 1.807) is 40.8 Å². The van der Waals surface area contributed by atoms with Gasteiger partial charge in [-0.25, -0.2) is 11.6 Å². The quantitative estimate of drug-likeness (QED) is 0.0134. The molecule has 1 aliphatic heterocycles. The number of thiocarbonyl (C=S) groups is 1. The van der Waals surface area contributed by atoms with Crippen molar-refractivity contribution in [3.63, 3.8) is 0 Å². The molecule has 2 rings (SSSR count). The molecule has 5 unspecified atom stereocenters. The third kappa shape index (κ3) is 23.3. The maximum atomic E-state index is 14.3. The second-order valence-corrected chi connectivity index (χ2v) is 24.3. The van der Waals surface area contributed by atoms with Crippen LogP contribution in [0.4, 0.5) is 0 Å². The van der Waals surface area contributed by atoms with E-state index >= 15 is 0 Å². The molecule has 10 atom stereocenters. The lowest BCUT2D eigenvalue weighted by Crippen LogP contribution is -2.56. The third-order valence-corrected chi connectivity index (χ3v) is 16.3. The van der Waals surface area contributed by atoms with Crippen LogP contribution in [-0.4, -0.2) is 149 Å². The number of aliphatic hydroxyl groups is 1. The van der Waals surface area contributed by atoms with Crippen molar-refractivity contribution in [3.05, 3.63) is 35.8 Å². The highest BCUT2D eigenvalue weighted by Gasteiger charge is 2.51. The zero-order chi connectivity index (χ0) is 52.5. The number of hydrogen-bond donors (Lipinski definition) is 2. The summed E-state index contributed by atoms with van der Waals surface area (Å²) in [6, 6.07) is 5.58. The average molecular weight is 1090 g/mol. The lowest BCUT2D eigenvalue weighted by atomic mass is 9.68. The number of nitrogens with zero attached hydrogens (tertiary/aromatic N) is 2. The van der Waals surface area contributed by atoms with E-state index < -0.39 is 81.6 Å². The highest BCUT2D eigenvalue weighted by atomic mass is 33.1. The predicted octanol–water partition coefficient (Wildman–Crippen LogP) is 7.66. The van der Waals surface area contributed by atoms with Crippen LogP contribution in [0.15, 0.2) is 29.4 Å². The Bertz CT molecular complexity index is 1900. The lowest BCUT2D eigenvalue weighted by molar-refractivity contribution is -0.288. The minimum Gasteiger partial charge on any atom is -0.468 e. The number of ether oxygens (including phenoxy) is 8. The lowest BCUT2D eigenvalue weighted by Gasteiger charge is -2.43. The van der Waals surface area contributed by atoms with E-state index in [9.17, 15) is 33.9 Å².